The lowest BCUT2D eigenvalue weighted by molar-refractivity contribution is 0.0886. The smallest absolute Gasteiger partial charge is 0.270 e. The summed E-state index contributed by atoms with van der Waals surface area (Å²) in [5.74, 6) is 0.237. The number of alkyl halides is 2. The molecule has 1 saturated heterocycles. The molecular weight excluding hydrogens is 440 g/mol. The van der Waals surface area contributed by atoms with Crippen molar-refractivity contribution >= 4 is 22.9 Å². The number of imidazole rings is 1. The number of likely N-dealkylation sites (N-methyl/N-ethyl adjacent to an activating group) is 1. The average Bonchev–Trinajstić information content (AvgIpc) is 3.27. The van der Waals surface area contributed by atoms with Crippen molar-refractivity contribution in [1.82, 2.24) is 29.5 Å². The van der Waals surface area contributed by atoms with Gasteiger partial charge in [-0.3, -0.25) is 14.1 Å². The van der Waals surface area contributed by atoms with Gasteiger partial charge in [0.15, 0.2) is 0 Å². The van der Waals surface area contributed by atoms with Crippen LogP contribution in [0, 0.1) is 0 Å². The zero-order valence-electron chi connectivity index (χ0n) is 19.0. The van der Waals surface area contributed by atoms with Gasteiger partial charge < -0.3 is 15.5 Å². The van der Waals surface area contributed by atoms with E-state index in [9.17, 15) is 13.6 Å². The average molecular weight is 468 g/mol. The first kappa shape index (κ1) is 22.4. The van der Waals surface area contributed by atoms with Crippen molar-refractivity contribution in [2.75, 3.05) is 51.6 Å². The summed E-state index contributed by atoms with van der Waals surface area (Å²) in [5, 5.41) is 5.57. The van der Waals surface area contributed by atoms with Gasteiger partial charge in [-0.1, -0.05) is 6.08 Å². The molecule has 1 fully saturated rings. The highest BCUT2D eigenvalue weighted by Crippen LogP contribution is 2.32. The van der Waals surface area contributed by atoms with E-state index in [1.165, 1.54) is 6.20 Å². The molecule has 178 valence electrons. The molecule has 0 radical (unpaired) electrons. The minimum absolute atomic E-state index is 0.217. The predicted octanol–water partition coefficient (Wildman–Crippen LogP) is 2.33. The van der Waals surface area contributed by atoms with Crippen molar-refractivity contribution < 1.29 is 13.6 Å². The van der Waals surface area contributed by atoms with Crippen LogP contribution in [0.1, 0.15) is 27.2 Å². The molecule has 0 bridgehead atoms. The van der Waals surface area contributed by atoms with Crippen LogP contribution in [0.5, 0.6) is 0 Å². The number of rotatable bonds is 6. The number of hydrogen-bond acceptors (Lipinski definition) is 6. The number of nitrogens with zero attached hydrogens (tertiary/aromatic N) is 5. The highest BCUT2D eigenvalue weighted by Gasteiger charge is 2.20. The van der Waals surface area contributed by atoms with Crippen molar-refractivity contribution in [1.29, 1.82) is 0 Å². The third-order valence-electron chi connectivity index (χ3n) is 6.28. The van der Waals surface area contributed by atoms with Crippen LogP contribution in [0.3, 0.4) is 0 Å². The number of pyridine rings is 2. The fourth-order valence-electron chi connectivity index (χ4n) is 4.41. The van der Waals surface area contributed by atoms with Crippen molar-refractivity contribution in [2.45, 2.75) is 13.0 Å². The maximum absolute atomic E-state index is 12.5. The van der Waals surface area contributed by atoms with Gasteiger partial charge in [-0.25, -0.2) is 18.7 Å². The molecule has 0 saturated carbocycles. The molecule has 2 aliphatic heterocycles. The van der Waals surface area contributed by atoms with Gasteiger partial charge in [0.25, 0.3) is 12.3 Å². The van der Waals surface area contributed by atoms with E-state index in [1.54, 1.807) is 4.40 Å². The van der Waals surface area contributed by atoms with Crippen LogP contribution < -0.4 is 10.6 Å². The van der Waals surface area contributed by atoms with Gasteiger partial charge in [0, 0.05) is 57.2 Å². The Bertz CT molecular complexity index is 1230. The molecule has 8 nitrogen and oxygen atoms in total. The molecule has 2 aliphatic rings. The monoisotopic (exact) mass is 467 g/mol. The quantitative estimate of drug-likeness (QED) is 0.580. The molecule has 34 heavy (non-hydrogen) atoms. The minimum atomic E-state index is -2.61. The fourth-order valence-corrected chi connectivity index (χ4v) is 4.41. The Labute approximate surface area is 196 Å². The maximum Gasteiger partial charge on any atom is 0.270 e. The first-order valence-corrected chi connectivity index (χ1v) is 11.4. The summed E-state index contributed by atoms with van der Waals surface area (Å²) in [6.07, 6.45) is 4.65. The van der Waals surface area contributed by atoms with E-state index in [0.29, 0.717) is 12.2 Å². The Morgan fingerprint density at radius 2 is 2.00 bits per heavy atom. The van der Waals surface area contributed by atoms with E-state index >= 15 is 0 Å². The molecule has 0 unspecified atom stereocenters. The summed E-state index contributed by atoms with van der Waals surface area (Å²) in [5.41, 5.74) is 4.84. The fraction of sp³-hybridized carbons (Fsp3) is 0.375. The molecule has 1 amide bonds. The Hall–Kier alpha value is -3.37. The van der Waals surface area contributed by atoms with Crippen molar-refractivity contribution in [3.05, 3.63) is 65.2 Å². The standard InChI is InChI=1S/C24H27F2N7O/c1-31-6-8-32(9-7-31)14-16-10-19-18(4-5-27-23(19)29-11-16)17-2-3-22-28-12-20(33(22)15-17)24(34)30-13-21(25)26/h2-4,10-12,15,21H,5-9,13-14H2,1H3,(H,27,29)(H,30,34). The molecule has 3 aromatic rings. The number of nitrogens with one attached hydrogen (secondary N) is 2. The lowest BCUT2D eigenvalue weighted by atomic mass is 9.96. The van der Waals surface area contributed by atoms with Crippen LogP contribution in [0.25, 0.3) is 11.2 Å². The lowest BCUT2D eigenvalue weighted by Crippen LogP contribution is -2.43. The van der Waals surface area contributed by atoms with Gasteiger partial charge in [-0.15, -0.1) is 0 Å². The molecule has 3 aromatic heterocycles. The second-order valence-corrected chi connectivity index (χ2v) is 8.71. The summed E-state index contributed by atoms with van der Waals surface area (Å²) in [4.78, 5) is 26.1. The highest BCUT2D eigenvalue weighted by molar-refractivity contribution is 5.94. The number of halogens is 2. The number of piperazine rings is 1. The van der Waals surface area contributed by atoms with Crippen LogP contribution in [0.2, 0.25) is 0 Å². The van der Waals surface area contributed by atoms with E-state index in [2.05, 4.69) is 49.6 Å². The number of carbonyl (C=O) groups is 1. The molecule has 10 heteroatoms. The van der Waals surface area contributed by atoms with E-state index in [4.69, 9.17) is 0 Å². The zero-order chi connectivity index (χ0) is 23.7. The Balaban J connectivity index is 1.43. The molecular formula is C24H27F2N7O. The van der Waals surface area contributed by atoms with Crippen LogP contribution in [0.15, 0.2) is 42.9 Å². The third-order valence-corrected chi connectivity index (χ3v) is 6.28. The largest absolute Gasteiger partial charge is 0.366 e. The first-order valence-electron chi connectivity index (χ1n) is 11.4. The van der Waals surface area contributed by atoms with Crippen molar-refractivity contribution in [3.63, 3.8) is 0 Å². The summed E-state index contributed by atoms with van der Waals surface area (Å²) in [6, 6.07) is 5.95. The summed E-state index contributed by atoms with van der Waals surface area (Å²) in [7, 11) is 2.14. The zero-order valence-corrected chi connectivity index (χ0v) is 19.0. The molecule has 0 aromatic carbocycles. The van der Waals surface area contributed by atoms with Crippen molar-refractivity contribution in [3.8, 4) is 0 Å². The number of fused-ring (bicyclic) bond motifs is 2. The molecule has 0 aliphatic carbocycles. The predicted molar refractivity (Wildman–Crippen MR) is 126 cm³/mol. The van der Waals surface area contributed by atoms with Gasteiger partial charge in [0.2, 0.25) is 0 Å². The van der Waals surface area contributed by atoms with E-state index in [-0.39, 0.29) is 5.69 Å². The Morgan fingerprint density at radius 1 is 1.18 bits per heavy atom. The minimum Gasteiger partial charge on any atom is -0.366 e. The molecule has 0 atom stereocenters. The summed E-state index contributed by atoms with van der Waals surface area (Å²) in [6.45, 7) is 4.96. The van der Waals surface area contributed by atoms with Gasteiger partial charge >= 0.3 is 0 Å². The third kappa shape index (κ3) is 4.64. The van der Waals surface area contributed by atoms with Gasteiger partial charge in [-0.2, -0.15) is 0 Å². The van der Waals surface area contributed by atoms with E-state index < -0.39 is 18.9 Å². The number of amides is 1. The SMILES string of the molecule is CN1CCN(Cc2cnc3c(c2)C(c2ccc4ncc(C(=O)NCC(F)F)n4c2)=CCN3)CC1. The first-order chi connectivity index (χ1) is 16.5. The second-order valence-electron chi connectivity index (χ2n) is 8.71. The van der Waals surface area contributed by atoms with Gasteiger partial charge in [0.1, 0.15) is 17.2 Å². The molecule has 5 rings (SSSR count). The number of hydrogen-bond donors (Lipinski definition) is 2. The van der Waals surface area contributed by atoms with Gasteiger partial charge in [-0.05, 0) is 41.9 Å². The van der Waals surface area contributed by atoms with Crippen LogP contribution in [-0.2, 0) is 6.54 Å². The molecule has 2 N–H and O–H groups in total. The lowest BCUT2D eigenvalue weighted by Gasteiger charge is -2.32. The highest BCUT2D eigenvalue weighted by atomic mass is 19.3. The normalized spacial score (nSPS) is 16.9. The number of aromatic nitrogens is 3. The van der Waals surface area contributed by atoms with E-state index in [1.807, 2.05) is 24.5 Å². The number of carbonyl (C=O) groups excluding carboxylic acids is 1. The second kappa shape index (κ2) is 9.47. The van der Waals surface area contributed by atoms with Gasteiger partial charge in [0.05, 0.1) is 12.7 Å². The Morgan fingerprint density at radius 3 is 2.79 bits per heavy atom. The maximum atomic E-state index is 12.5. The van der Waals surface area contributed by atoms with E-state index in [0.717, 1.165) is 60.8 Å². The number of anilines is 1. The van der Waals surface area contributed by atoms with Crippen molar-refractivity contribution in [2.24, 2.45) is 0 Å². The van der Waals surface area contributed by atoms with Crippen LogP contribution in [0.4, 0.5) is 14.6 Å². The summed E-state index contributed by atoms with van der Waals surface area (Å²) < 4.78 is 26.7. The Kier molecular flexibility index (Phi) is 6.25. The summed E-state index contributed by atoms with van der Waals surface area (Å²) >= 11 is 0. The topological polar surface area (TPSA) is 77.8 Å². The molecule has 5 heterocycles. The van der Waals surface area contributed by atoms with Crippen LogP contribution >= 0.6 is 0 Å². The molecule has 0 spiro atoms. The van der Waals surface area contributed by atoms with Crippen LogP contribution in [-0.4, -0.2) is 82.8 Å².